The number of nitriles is 1. The van der Waals surface area contributed by atoms with Gasteiger partial charge in [0.25, 0.3) is 0 Å². The lowest BCUT2D eigenvalue weighted by atomic mass is 9.98. The highest BCUT2D eigenvalue weighted by atomic mass is 19.1. The summed E-state index contributed by atoms with van der Waals surface area (Å²) in [7, 11) is 0. The van der Waals surface area contributed by atoms with Crippen LogP contribution >= 0.6 is 0 Å². The zero-order valence-corrected chi connectivity index (χ0v) is 15.0. The number of nitrogens with one attached hydrogen (secondary N) is 2. The maximum atomic E-state index is 14.5. The standard InChI is InChI=1S/C20H21FN4O2/c1-11-17(10-23-27-11)12-2-3-13(18(21)8-12)6-16(9-22)25-20(26)19-14-4-5-15(7-14)24-19/h2-3,8,10,14-16,19,24H,4-7H2,1H3,(H,25,26)/t14-,15+,16?,19-/m0/s1. The van der Waals surface area contributed by atoms with Crippen molar-refractivity contribution in [2.24, 2.45) is 5.92 Å². The number of benzene rings is 1. The molecule has 2 aromatic rings. The number of hydrogen-bond donors (Lipinski definition) is 2. The molecule has 2 heterocycles. The van der Waals surface area contributed by atoms with Crippen molar-refractivity contribution >= 4 is 5.91 Å². The number of piperidine rings is 1. The van der Waals surface area contributed by atoms with E-state index in [0.717, 1.165) is 24.8 Å². The Morgan fingerprint density at radius 2 is 2.37 bits per heavy atom. The molecular weight excluding hydrogens is 347 g/mol. The Hall–Kier alpha value is -2.72. The first kappa shape index (κ1) is 17.7. The molecule has 4 rings (SSSR count). The van der Waals surface area contributed by atoms with Crippen LogP contribution in [-0.4, -0.2) is 29.2 Å². The summed E-state index contributed by atoms with van der Waals surface area (Å²) in [5.74, 6) is 0.381. The molecule has 27 heavy (non-hydrogen) atoms. The van der Waals surface area contributed by atoms with Crippen molar-refractivity contribution in [3.8, 4) is 17.2 Å². The monoisotopic (exact) mass is 368 g/mol. The molecule has 6 nitrogen and oxygen atoms in total. The van der Waals surface area contributed by atoms with Crippen molar-refractivity contribution in [1.82, 2.24) is 15.8 Å². The van der Waals surface area contributed by atoms with E-state index in [2.05, 4.69) is 21.9 Å². The predicted octanol–water partition coefficient (Wildman–Crippen LogP) is 2.48. The number of nitrogens with zero attached hydrogens (tertiary/aromatic N) is 2. The van der Waals surface area contributed by atoms with Crippen LogP contribution in [0.25, 0.3) is 11.1 Å². The molecule has 1 aromatic heterocycles. The van der Waals surface area contributed by atoms with Gasteiger partial charge in [0.05, 0.1) is 18.3 Å². The van der Waals surface area contributed by atoms with Gasteiger partial charge in [0.1, 0.15) is 17.6 Å². The zero-order chi connectivity index (χ0) is 19.0. The predicted molar refractivity (Wildman–Crippen MR) is 95.9 cm³/mol. The first-order chi connectivity index (χ1) is 13.0. The Labute approximate surface area is 156 Å². The largest absolute Gasteiger partial charge is 0.361 e. The van der Waals surface area contributed by atoms with E-state index in [4.69, 9.17) is 4.52 Å². The second-order valence-electron chi connectivity index (χ2n) is 7.41. The summed E-state index contributed by atoms with van der Waals surface area (Å²) < 4.78 is 19.6. The summed E-state index contributed by atoms with van der Waals surface area (Å²) in [5.41, 5.74) is 1.78. The number of aromatic nitrogens is 1. The molecule has 0 radical (unpaired) electrons. The number of carbonyl (C=O) groups is 1. The highest BCUT2D eigenvalue weighted by Crippen LogP contribution is 2.35. The smallest absolute Gasteiger partial charge is 0.238 e. The molecule has 7 heteroatoms. The van der Waals surface area contributed by atoms with E-state index in [1.54, 1.807) is 25.3 Å². The van der Waals surface area contributed by atoms with Crippen LogP contribution in [0.4, 0.5) is 4.39 Å². The van der Waals surface area contributed by atoms with Crippen LogP contribution in [0.2, 0.25) is 0 Å². The Morgan fingerprint density at radius 3 is 2.96 bits per heavy atom. The maximum absolute atomic E-state index is 14.5. The summed E-state index contributed by atoms with van der Waals surface area (Å²) in [4.78, 5) is 12.5. The number of aryl methyl sites for hydroxylation is 1. The Bertz CT molecular complexity index is 904. The van der Waals surface area contributed by atoms with Crippen molar-refractivity contribution < 1.29 is 13.7 Å². The van der Waals surface area contributed by atoms with Gasteiger partial charge >= 0.3 is 0 Å². The number of halogens is 1. The number of hydrogen-bond acceptors (Lipinski definition) is 5. The SMILES string of the molecule is Cc1oncc1-c1ccc(CC(C#N)NC(=O)[C@H]2N[C@@H]3CC[C@H]2C3)c(F)c1. The van der Waals surface area contributed by atoms with Gasteiger partial charge in [-0.05, 0) is 49.3 Å². The first-order valence-corrected chi connectivity index (χ1v) is 9.21. The number of carbonyl (C=O) groups excluding carboxylic acids is 1. The maximum Gasteiger partial charge on any atom is 0.238 e. The van der Waals surface area contributed by atoms with E-state index in [1.807, 2.05) is 0 Å². The highest BCUT2D eigenvalue weighted by molar-refractivity contribution is 5.83. The normalized spacial score (nSPS) is 24.6. The number of amides is 1. The third-order valence-electron chi connectivity index (χ3n) is 5.65. The molecule has 2 N–H and O–H groups in total. The van der Waals surface area contributed by atoms with Gasteiger partial charge in [-0.2, -0.15) is 5.26 Å². The average Bonchev–Trinajstić information content (AvgIpc) is 3.39. The van der Waals surface area contributed by atoms with E-state index in [-0.39, 0.29) is 18.4 Å². The van der Waals surface area contributed by atoms with Crippen molar-refractivity contribution in [3.63, 3.8) is 0 Å². The minimum atomic E-state index is -0.767. The fourth-order valence-electron chi connectivity index (χ4n) is 4.22. The molecule has 2 fully saturated rings. The van der Waals surface area contributed by atoms with Gasteiger partial charge in [0.2, 0.25) is 5.91 Å². The Morgan fingerprint density at radius 1 is 1.52 bits per heavy atom. The van der Waals surface area contributed by atoms with Gasteiger partial charge in [-0.3, -0.25) is 4.79 Å². The third-order valence-corrected chi connectivity index (χ3v) is 5.65. The quantitative estimate of drug-likeness (QED) is 0.846. The molecule has 4 atom stereocenters. The topological polar surface area (TPSA) is 91.0 Å². The van der Waals surface area contributed by atoms with E-state index >= 15 is 0 Å². The fraction of sp³-hybridized carbons (Fsp3) is 0.450. The number of fused-ring (bicyclic) bond motifs is 2. The minimum Gasteiger partial charge on any atom is -0.361 e. The van der Waals surface area contributed by atoms with Crippen LogP contribution in [0.1, 0.15) is 30.6 Å². The van der Waals surface area contributed by atoms with E-state index in [1.165, 1.54) is 6.07 Å². The molecule has 1 aliphatic carbocycles. The minimum absolute atomic E-state index is 0.123. The molecule has 140 valence electrons. The van der Waals surface area contributed by atoms with E-state index in [9.17, 15) is 14.4 Å². The molecular formula is C20H21FN4O2. The third kappa shape index (κ3) is 3.45. The van der Waals surface area contributed by atoms with Gasteiger partial charge in [-0.15, -0.1) is 0 Å². The summed E-state index contributed by atoms with van der Waals surface area (Å²) in [6.45, 7) is 1.76. The van der Waals surface area contributed by atoms with E-state index < -0.39 is 11.9 Å². The van der Waals surface area contributed by atoms with Crippen molar-refractivity contribution in [2.45, 2.75) is 50.7 Å². The van der Waals surface area contributed by atoms with Crippen molar-refractivity contribution in [1.29, 1.82) is 5.26 Å². The van der Waals surface area contributed by atoms with Gasteiger partial charge in [0, 0.05) is 18.0 Å². The Kier molecular flexibility index (Phi) is 4.66. The summed E-state index contributed by atoms with van der Waals surface area (Å²) in [6.07, 6.45) is 4.85. The number of rotatable bonds is 5. The van der Waals surface area contributed by atoms with Crippen LogP contribution in [0.15, 0.2) is 28.9 Å². The van der Waals surface area contributed by atoms with Crippen LogP contribution in [0.3, 0.4) is 0 Å². The molecule has 2 aliphatic rings. The van der Waals surface area contributed by atoms with Crippen LogP contribution < -0.4 is 10.6 Å². The summed E-state index contributed by atoms with van der Waals surface area (Å²) in [5, 5.41) is 19.2. The second kappa shape index (κ2) is 7.12. The molecule has 1 aromatic carbocycles. The average molecular weight is 368 g/mol. The van der Waals surface area contributed by atoms with Crippen molar-refractivity contribution in [3.05, 3.63) is 41.5 Å². The molecule has 1 saturated heterocycles. The molecule has 0 spiro atoms. The van der Waals surface area contributed by atoms with Gasteiger partial charge in [0.15, 0.2) is 0 Å². The van der Waals surface area contributed by atoms with Crippen LogP contribution in [0.5, 0.6) is 0 Å². The van der Waals surface area contributed by atoms with Crippen LogP contribution in [-0.2, 0) is 11.2 Å². The first-order valence-electron chi connectivity index (χ1n) is 9.21. The lowest BCUT2D eigenvalue weighted by Crippen LogP contribution is -2.50. The van der Waals surface area contributed by atoms with Gasteiger partial charge in [-0.25, -0.2) is 4.39 Å². The van der Waals surface area contributed by atoms with E-state index in [0.29, 0.717) is 28.8 Å². The fourth-order valence-corrected chi connectivity index (χ4v) is 4.22. The lowest BCUT2D eigenvalue weighted by molar-refractivity contribution is -0.124. The molecule has 2 bridgehead atoms. The highest BCUT2D eigenvalue weighted by Gasteiger charge is 2.43. The summed E-state index contributed by atoms with van der Waals surface area (Å²) in [6, 6.07) is 6.31. The second-order valence-corrected chi connectivity index (χ2v) is 7.41. The Balaban J connectivity index is 1.43. The zero-order valence-electron chi connectivity index (χ0n) is 15.0. The van der Waals surface area contributed by atoms with Gasteiger partial charge in [-0.1, -0.05) is 17.3 Å². The lowest BCUT2D eigenvalue weighted by Gasteiger charge is -2.23. The van der Waals surface area contributed by atoms with Crippen molar-refractivity contribution in [2.75, 3.05) is 0 Å². The van der Waals surface area contributed by atoms with Crippen LogP contribution in [0, 0.1) is 30.0 Å². The molecule has 1 unspecified atom stereocenters. The molecule has 1 saturated carbocycles. The van der Waals surface area contributed by atoms with Gasteiger partial charge < -0.3 is 15.2 Å². The summed E-state index contributed by atoms with van der Waals surface area (Å²) >= 11 is 0. The molecule has 1 aliphatic heterocycles. The molecule has 1 amide bonds.